The fourth-order valence-corrected chi connectivity index (χ4v) is 4.61. The molecule has 1 atom stereocenters. The summed E-state index contributed by atoms with van der Waals surface area (Å²) in [6.45, 7) is 0.452. The van der Waals surface area contributed by atoms with Gasteiger partial charge in [0.05, 0.1) is 10.8 Å². The van der Waals surface area contributed by atoms with Crippen LogP contribution in [0.25, 0.3) is 0 Å². The second kappa shape index (κ2) is 8.48. The number of carbonyl (C=O) groups excluding carboxylic acids is 1. The number of amides is 1. The van der Waals surface area contributed by atoms with Crippen LogP contribution < -0.4 is 9.64 Å². The maximum Gasteiger partial charge on any atom is 0.238 e. The topological polar surface area (TPSA) is 29.5 Å². The minimum absolute atomic E-state index is 0.0675. The number of carbonyl (C=O) groups is 1. The van der Waals surface area contributed by atoms with Gasteiger partial charge in [-0.05, 0) is 47.5 Å². The summed E-state index contributed by atoms with van der Waals surface area (Å²) in [6, 6.07) is 22.9. The highest BCUT2D eigenvalue weighted by molar-refractivity contribution is 8.00. The van der Waals surface area contributed by atoms with E-state index in [2.05, 4.69) is 0 Å². The van der Waals surface area contributed by atoms with Gasteiger partial charge < -0.3 is 4.74 Å². The molecule has 0 spiro atoms. The largest absolute Gasteiger partial charge is 0.487 e. The number of thioether (sulfide) groups is 1. The van der Waals surface area contributed by atoms with Crippen molar-refractivity contribution in [2.45, 2.75) is 12.0 Å². The van der Waals surface area contributed by atoms with Crippen molar-refractivity contribution in [1.29, 1.82) is 0 Å². The van der Waals surface area contributed by atoms with Crippen molar-refractivity contribution < 1.29 is 9.53 Å². The summed E-state index contributed by atoms with van der Waals surface area (Å²) in [4.78, 5) is 14.3. The zero-order valence-corrected chi connectivity index (χ0v) is 17.2. The van der Waals surface area contributed by atoms with E-state index < -0.39 is 0 Å². The highest BCUT2D eigenvalue weighted by atomic mass is 35.5. The predicted molar refractivity (Wildman–Crippen MR) is 116 cm³/mol. The quantitative estimate of drug-likeness (QED) is 0.472. The number of halogens is 2. The Kier molecular flexibility index (Phi) is 5.81. The van der Waals surface area contributed by atoms with Gasteiger partial charge in [-0.1, -0.05) is 59.6 Å². The van der Waals surface area contributed by atoms with Gasteiger partial charge in [-0.2, -0.15) is 0 Å². The van der Waals surface area contributed by atoms with E-state index in [-0.39, 0.29) is 11.3 Å². The van der Waals surface area contributed by atoms with Crippen molar-refractivity contribution in [2.75, 3.05) is 10.7 Å². The number of hydrogen-bond acceptors (Lipinski definition) is 3. The Balaban J connectivity index is 1.54. The number of nitrogens with zero attached hydrogens (tertiary/aromatic N) is 1. The molecule has 0 unspecified atom stereocenters. The Morgan fingerprint density at radius 3 is 2.46 bits per heavy atom. The van der Waals surface area contributed by atoms with Crippen LogP contribution in [0.5, 0.6) is 5.75 Å². The minimum atomic E-state index is -0.130. The highest BCUT2D eigenvalue weighted by Crippen LogP contribution is 2.43. The third kappa shape index (κ3) is 4.14. The first-order valence-electron chi connectivity index (χ1n) is 8.77. The predicted octanol–water partition coefficient (Wildman–Crippen LogP) is 6.35. The maximum absolute atomic E-state index is 12.5. The molecule has 3 aromatic carbocycles. The van der Waals surface area contributed by atoms with Crippen molar-refractivity contribution in [1.82, 2.24) is 0 Å². The van der Waals surface area contributed by atoms with E-state index in [1.54, 1.807) is 28.8 Å². The number of hydrogen-bond donors (Lipinski definition) is 0. The normalized spacial score (nSPS) is 16.4. The lowest BCUT2D eigenvalue weighted by molar-refractivity contribution is -0.115. The molecule has 1 saturated heterocycles. The first-order chi connectivity index (χ1) is 13.6. The second-order valence-corrected chi connectivity index (χ2v) is 8.28. The molecule has 142 valence electrons. The molecule has 28 heavy (non-hydrogen) atoms. The average molecular weight is 430 g/mol. The van der Waals surface area contributed by atoms with Gasteiger partial charge in [-0.3, -0.25) is 9.69 Å². The molecule has 1 heterocycles. The maximum atomic E-state index is 12.5. The van der Waals surface area contributed by atoms with Gasteiger partial charge in [0.2, 0.25) is 5.91 Å². The van der Waals surface area contributed by atoms with E-state index in [1.165, 1.54) is 0 Å². The molecular formula is C22H17Cl2NO2S. The fraction of sp³-hybridized carbons (Fsp3) is 0.136. The summed E-state index contributed by atoms with van der Waals surface area (Å²) >= 11 is 14.0. The van der Waals surface area contributed by atoms with Gasteiger partial charge in [-0.25, -0.2) is 0 Å². The van der Waals surface area contributed by atoms with E-state index in [9.17, 15) is 4.79 Å². The van der Waals surface area contributed by atoms with E-state index in [1.807, 2.05) is 60.7 Å². The third-order valence-electron chi connectivity index (χ3n) is 4.45. The first kappa shape index (κ1) is 19.2. The summed E-state index contributed by atoms with van der Waals surface area (Å²) in [6.07, 6.45) is 0. The SMILES string of the molecule is O=C1CS[C@H](c2ccc(OCc3ccccc3)c(Cl)c2)N1c1ccc(Cl)cc1. The molecule has 0 saturated carbocycles. The van der Waals surface area contributed by atoms with Crippen LogP contribution in [-0.4, -0.2) is 11.7 Å². The fourth-order valence-electron chi connectivity index (χ4n) is 3.07. The number of benzene rings is 3. The lowest BCUT2D eigenvalue weighted by atomic mass is 10.1. The summed E-state index contributed by atoms with van der Waals surface area (Å²) in [5.41, 5.74) is 2.86. The Hall–Kier alpha value is -2.14. The lowest BCUT2D eigenvalue weighted by Gasteiger charge is -2.25. The number of ether oxygens (including phenoxy) is 1. The van der Waals surface area contributed by atoms with Gasteiger partial charge >= 0.3 is 0 Å². The molecule has 0 radical (unpaired) electrons. The zero-order valence-electron chi connectivity index (χ0n) is 14.8. The van der Waals surface area contributed by atoms with Gasteiger partial charge in [0.25, 0.3) is 0 Å². The standard InChI is InChI=1S/C22H17Cl2NO2S/c23-17-7-9-18(10-8-17)25-21(26)14-28-22(25)16-6-11-20(19(24)12-16)27-13-15-4-2-1-3-5-15/h1-12,22H,13-14H2/t22-/m1/s1. The summed E-state index contributed by atoms with van der Waals surface area (Å²) < 4.78 is 5.85. The van der Waals surface area contributed by atoms with Crippen LogP contribution >= 0.6 is 35.0 Å². The Morgan fingerprint density at radius 1 is 1.00 bits per heavy atom. The summed E-state index contributed by atoms with van der Waals surface area (Å²) in [5.74, 6) is 1.12. The van der Waals surface area contributed by atoms with Gasteiger partial charge in [0, 0.05) is 10.7 Å². The van der Waals surface area contributed by atoms with E-state index in [0.29, 0.717) is 28.2 Å². The van der Waals surface area contributed by atoms with Gasteiger partial charge in [0.15, 0.2) is 0 Å². The van der Waals surface area contributed by atoms with Gasteiger partial charge in [0.1, 0.15) is 17.7 Å². The lowest BCUT2D eigenvalue weighted by Crippen LogP contribution is -2.27. The molecule has 0 N–H and O–H groups in total. The van der Waals surface area contributed by atoms with Crippen molar-refractivity contribution in [3.8, 4) is 5.75 Å². The van der Waals surface area contributed by atoms with Crippen molar-refractivity contribution >= 4 is 46.6 Å². The molecule has 0 aromatic heterocycles. The Labute approximate surface area is 178 Å². The second-order valence-electron chi connectivity index (χ2n) is 6.37. The van der Waals surface area contributed by atoms with Crippen LogP contribution in [-0.2, 0) is 11.4 Å². The van der Waals surface area contributed by atoms with Gasteiger partial charge in [-0.15, -0.1) is 11.8 Å². The van der Waals surface area contributed by atoms with Crippen molar-refractivity contribution in [2.24, 2.45) is 0 Å². The first-order valence-corrected chi connectivity index (χ1v) is 10.6. The molecule has 1 fully saturated rings. The molecule has 1 aliphatic heterocycles. The van der Waals surface area contributed by atoms with Crippen LogP contribution in [0.2, 0.25) is 10.0 Å². The van der Waals surface area contributed by atoms with E-state index in [4.69, 9.17) is 27.9 Å². The smallest absolute Gasteiger partial charge is 0.238 e. The summed E-state index contributed by atoms with van der Waals surface area (Å²) in [7, 11) is 0. The third-order valence-corrected chi connectivity index (χ3v) is 6.21. The molecular weight excluding hydrogens is 413 g/mol. The average Bonchev–Trinajstić information content (AvgIpc) is 3.10. The Bertz CT molecular complexity index is 980. The molecule has 4 rings (SSSR count). The Morgan fingerprint density at radius 2 is 1.75 bits per heavy atom. The van der Waals surface area contributed by atoms with E-state index in [0.717, 1.165) is 16.8 Å². The highest BCUT2D eigenvalue weighted by Gasteiger charge is 2.34. The molecule has 0 bridgehead atoms. The summed E-state index contributed by atoms with van der Waals surface area (Å²) in [5, 5.41) is 1.04. The molecule has 3 nitrogen and oxygen atoms in total. The van der Waals surface area contributed by atoms with Crippen LogP contribution in [0.4, 0.5) is 5.69 Å². The monoisotopic (exact) mass is 429 g/mol. The van der Waals surface area contributed by atoms with Crippen LogP contribution in [0.3, 0.4) is 0 Å². The van der Waals surface area contributed by atoms with E-state index >= 15 is 0 Å². The molecule has 1 aliphatic rings. The molecule has 6 heteroatoms. The zero-order chi connectivity index (χ0) is 19.5. The van der Waals surface area contributed by atoms with Crippen molar-refractivity contribution in [3.05, 3.63) is 94.0 Å². The van der Waals surface area contributed by atoms with Crippen molar-refractivity contribution in [3.63, 3.8) is 0 Å². The minimum Gasteiger partial charge on any atom is -0.487 e. The molecule has 3 aromatic rings. The molecule has 0 aliphatic carbocycles. The van der Waals surface area contributed by atoms with Crippen LogP contribution in [0, 0.1) is 0 Å². The number of rotatable bonds is 5. The van der Waals surface area contributed by atoms with Crippen LogP contribution in [0.15, 0.2) is 72.8 Å². The van der Waals surface area contributed by atoms with Crippen LogP contribution in [0.1, 0.15) is 16.5 Å². The molecule has 1 amide bonds. The number of anilines is 1.